The number of primary amides is 1. The van der Waals surface area contributed by atoms with E-state index >= 15 is 0 Å². The minimum atomic E-state index is -1.01. The molecule has 1 rings (SSSR count). The van der Waals surface area contributed by atoms with E-state index in [0.717, 1.165) is 5.56 Å². The molecule has 0 unspecified atom stereocenters. The number of aliphatic carboxylic acids is 1. The van der Waals surface area contributed by atoms with Gasteiger partial charge in [-0.3, -0.25) is 14.5 Å². The fraction of sp³-hybridized carbons (Fsp3) is 0.308. The van der Waals surface area contributed by atoms with Gasteiger partial charge in [-0.25, -0.2) is 4.79 Å². The maximum absolute atomic E-state index is 12.0. The van der Waals surface area contributed by atoms with Gasteiger partial charge in [-0.05, 0) is 18.6 Å². The number of carbonyl (C=O) groups excluding carboxylic acids is 2. The summed E-state index contributed by atoms with van der Waals surface area (Å²) in [4.78, 5) is 34.7. The second kappa shape index (κ2) is 7.13. The first kappa shape index (κ1) is 15.5. The molecule has 0 bridgehead atoms. The zero-order valence-corrected chi connectivity index (χ0v) is 11.1. The van der Waals surface area contributed by atoms with Crippen molar-refractivity contribution in [2.24, 2.45) is 5.73 Å². The van der Waals surface area contributed by atoms with E-state index in [-0.39, 0.29) is 19.5 Å². The number of nitrogens with one attached hydrogen (secondary N) is 1. The van der Waals surface area contributed by atoms with E-state index in [9.17, 15) is 14.4 Å². The van der Waals surface area contributed by atoms with Gasteiger partial charge in [-0.2, -0.15) is 0 Å². The second-order valence-electron chi connectivity index (χ2n) is 4.21. The summed E-state index contributed by atoms with van der Waals surface area (Å²) >= 11 is 0. The van der Waals surface area contributed by atoms with Crippen LogP contribution in [0.1, 0.15) is 12.0 Å². The van der Waals surface area contributed by atoms with Crippen LogP contribution in [0.2, 0.25) is 0 Å². The van der Waals surface area contributed by atoms with Crippen LogP contribution in [0, 0.1) is 6.92 Å². The Balaban J connectivity index is 2.90. The molecule has 1 aromatic carbocycles. The Morgan fingerprint density at radius 1 is 1.30 bits per heavy atom. The molecule has 0 aromatic heterocycles. The molecule has 7 nitrogen and oxygen atoms in total. The molecule has 108 valence electrons. The number of carboxylic acid groups (broad SMARTS) is 1. The van der Waals surface area contributed by atoms with Crippen molar-refractivity contribution >= 4 is 23.6 Å². The number of carboxylic acids is 1. The first-order valence-electron chi connectivity index (χ1n) is 6.03. The number of nitrogens with two attached hydrogens (primary N) is 1. The molecule has 3 amide bonds. The molecule has 1 aromatic rings. The highest BCUT2D eigenvalue weighted by Gasteiger charge is 2.18. The Labute approximate surface area is 116 Å². The third-order valence-electron chi connectivity index (χ3n) is 2.61. The number of amides is 3. The van der Waals surface area contributed by atoms with Crippen LogP contribution in [0.4, 0.5) is 10.5 Å². The van der Waals surface area contributed by atoms with E-state index in [4.69, 9.17) is 10.8 Å². The number of anilines is 1. The summed E-state index contributed by atoms with van der Waals surface area (Å²) in [5, 5.41) is 11.1. The highest BCUT2D eigenvalue weighted by atomic mass is 16.4. The molecular weight excluding hydrogens is 262 g/mol. The lowest BCUT2D eigenvalue weighted by Crippen LogP contribution is -2.44. The van der Waals surface area contributed by atoms with Crippen molar-refractivity contribution in [3.63, 3.8) is 0 Å². The molecule has 0 aliphatic rings. The predicted molar refractivity (Wildman–Crippen MR) is 73.4 cm³/mol. The first-order chi connectivity index (χ1) is 9.41. The lowest BCUT2D eigenvalue weighted by atomic mass is 10.2. The number of urea groups is 1. The van der Waals surface area contributed by atoms with Crippen molar-refractivity contribution in [1.29, 1.82) is 0 Å². The van der Waals surface area contributed by atoms with Gasteiger partial charge < -0.3 is 16.2 Å². The van der Waals surface area contributed by atoms with Crippen LogP contribution in [0.25, 0.3) is 0 Å². The molecule has 7 heteroatoms. The van der Waals surface area contributed by atoms with E-state index in [2.05, 4.69) is 5.32 Å². The minimum absolute atomic E-state index is 0.00474. The van der Waals surface area contributed by atoms with Crippen LogP contribution < -0.4 is 16.0 Å². The number of aryl methyl sites for hydroxylation is 1. The highest BCUT2D eigenvalue weighted by Crippen LogP contribution is 2.19. The number of nitrogens with zero attached hydrogens (tertiary/aromatic N) is 1. The monoisotopic (exact) mass is 279 g/mol. The maximum atomic E-state index is 12.0. The van der Waals surface area contributed by atoms with E-state index in [0.29, 0.717) is 5.69 Å². The van der Waals surface area contributed by atoms with Crippen LogP contribution in [0.3, 0.4) is 0 Å². The number of carbonyl (C=O) groups is 3. The number of hydrogen-bond donors (Lipinski definition) is 3. The van der Waals surface area contributed by atoms with E-state index in [1.165, 1.54) is 4.90 Å². The molecule has 0 heterocycles. The molecule has 0 saturated carbocycles. The molecular formula is C13H17N3O4. The van der Waals surface area contributed by atoms with Gasteiger partial charge in [-0.15, -0.1) is 0 Å². The van der Waals surface area contributed by atoms with E-state index in [1.54, 1.807) is 12.1 Å². The van der Waals surface area contributed by atoms with Gasteiger partial charge in [0.1, 0.15) is 0 Å². The smallest absolute Gasteiger partial charge is 0.322 e. The van der Waals surface area contributed by atoms with Crippen molar-refractivity contribution in [3.8, 4) is 0 Å². The van der Waals surface area contributed by atoms with Crippen molar-refractivity contribution in [1.82, 2.24) is 5.32 Å². The molecule has 0 spiro atoms. The quantitative estimate of drug-likeness (QED) is 0.702. The van der Waals surface area contributed by atoms with Gasteiger partial charge in [0, 0.05) is 12.2 Å². The lowest BCUT2D eigenvalue weighted by Gasteiger charge is -2.24. The zero-order valence-electron chi connectivity index (χ0n) is 11.1. The zero-order chi connectivity index (χ0) is 15.1. The minimum Gasteiger partial charge on any atom is -0.481 e. The van der Waals surface area contributed by atoms with Crippen LogP contribution in [-0.4, -0.2) is 36.1 Å². The van der Waals surface area contributed by atoms with E-state index < -0.39 is 17.9 Å². The standard InChI is InChI=1S/C13H17N3O4/c1-9-4-2-3-5-10(9)16(7-6-12(18)19)13(20)15-8-11(14)17/h2-5H,6-8H2,1H3,(H2,14,17)(H,15,20)(H,18,19). The van der Waals surface area contributed by atoms with Crippen LogP contribution in [0.5, 0.6) is 0 Å². The number of para-hydroxylation sites is 1. The van der Waals surface area contributed by atoms with Gasteiger partial charge >= 0.3 is 12.0 Å². The Bertz CT molecular complexity index is 516. The SMILES string of the molecule is Cc1ccccc1N(CCC(=O)O)C(=O)NCC(N)=O. The van der Waals surface area contributed by atoms with Gasteiger partial charge in [0.05, 0.1) is 13.0 Å². The summed E-state index contributed by atoms with van der Waals surface area (Å²) in [7, 11) is 0. The van der Waals surface area contributed by atoms with Crippen molar-refractivity contribution in [3.05, 3.63) is 29.8 Å². The van der Waals surface area contributed by atoms with Crippen molar-refractivity contribution < 1.29 is 19.5 Å². The maximum Gasteiger partial charge on any atom is 0.322 e. The lowest BCUT2D eigenvalue weighted by molar-refractivity contribution is -0.136. The molecule has 0 aliphatic heterocycles. The fourth-order valence-corrected chi connectivity index (χ4v) is 1.66. The topological polar surface area (TPSA) is 113 Å². The second-order valence-corrected chi connectivity index (χ2v) is 4.21. The van der Waals surface area contributed by atoms with Gasteiger partial charge in [0.25, 0.3) is 0 Å². The van der Waals surface area contributed by atoms with Gasteiger partial charge in [0.2, 0.25) is 5.91 Å². The Hall–Kier alpha value is -2.57. The first-order valence-corrected chi connectivity index (χ1v) is 6.03. The number of rotatable bonds is 6. The molecule has 0 atom stereocenters. The average molecular weight is 279 g/mol. The largest absolute Gasteiger partial charge is 0.481 e. The summed E-state index contributed by atoms with van der Waals surface area (Å²) in [5.74, 6) is -1.67. The summed E-state index contributed by atoms with van der Waals surface area (Å²) in [6, 6.07) is 6.53. The molecule has 0 saturated heterocycles. The Morgan fingerprint density at radius 3 is 2.50 bits per heavy atom. The van der Waals surface area contributed by atoms with E-state index in [1.807, 2.05) is 19.1 Å². The number of benzene rings is 1. The normalized spacial score (nSPS) is 9.85. The molecule has 0 fully saturated rings. The molecule has 0 aliphatic carbocycles. The Morgan fingerprint density at radius 2 is 1.95 bits per heavy atom. The number of hydrogen-bond acceptors (Lipinski definition) is 3. The highest BCUT2D eigenvalue weighted by molar-refractivity contribution is 5.95. The summed E-state index contributed by atoms with van der Waals surface area (Å²) in [5.41, 5.74) is 6.38. The van der Waals surface area contributed by atoms with Crippen LogP contribution in [0.15, 0.2) is 24.3 Å². The molecule has 0 radical (unpaired) electrons. The van der Waals surface area contributed by atoms with Crippen molar-refractivity contribution in [2.75, 3.05) is 18.0 Å². The summed E-state index contributed by atoms with van der Waals surface area (Å²) < 4.78 is 0. The third kappa shape index (κ3) is 4.60. The van der Waals surface area contributed by atoms with Gasteiger partial charge in [-0.1, -0.05) is 18.2 Å². The predicted octanol–water partition coefficient (Wildman–Crippen LogP) is 0.471. The third-order valence-corrected chi connectivity index (χ3v) is 2.61. The van der Waals surface area contributed by atoms with Gasteiger partial charge in [0.15, 0.2) is 0 Å². The van der Waals surface area contributed by atoms with Crippen molar-refractivity contribution in [2.45, 2.75) is 13.3 Å². The molecule has 4 N–H and O–H groups in total. The van der Waals surface area contributed by atoms with Crippen LogP contribution in [-0.2, 0) is 9.59 Å². The molecule has 20 heavy (non-hydrogen) atoms. The summed E-state index contributed by atoms with van der Waals surface area (Å²) in [6.07, 6.45) is -0.196. The fourth-order valence-electron chi connectivity index (χ4n) is 1.66. The Kier molecular flexibility index (Phi) is 5.52. The van der Waals surface area contributed by atoms with Crippen LogP contribution >= 0.6 is 0 Å². The summed E-state index contributed by atoms with van der Waals surface area (Å²) in [6.45, 7) is 1.52. The average Bonchev–Trinajstić information content (AvgIpc) is 2.38.